The number of hydrogen-bond acceptors (Lipinski definition) is 3. The minimum atomic E-state index is 0.609. The number of nitrogens with one attached hydrogen (secondary N) is 1. The first kappa shape index (κ1) is 10.4. The molecule has 0 unspecified atom stereocenters. The Morgan fingerprint density at radius 1 is 1.18 bits per heavy atom. The van der Waals surface area contributed by atoms with Crippen LogP contribution in [0.15, 0.2) is 47.2 Å². The Kier molecular flexibility index (Phi) is 2.62. The highest BCUT2D eigenvalue weighted by Crippen LogP contribution is 2.23. The van der Waals surface area contributed by atoms with Crippen molar-refractivity contribution >= 4 is 23.6 Å². The molecular formula is C12H9N3S2. The summed E-state index contributed by atoms with van der Waals surface area (Å²) in [6.07, 6.45) is 0. The Morgan fingerprint density at radius 2 is 2.00 bits per heavy atom. The lowest BCUT2D eigenvalue weighted by Crippen LogP contribution is -1.96. The zero-order valence-electron chi connectivity index (χ0n) is 8.83. The molecule has 3 nitrogen and oxygen atoms in total. The molecule has 0 aliphatic rings. The Bertz CT molecular complexity index is 665. The lowest BCUT2D eigenvalue weighted by atomic mass is 10.3. The Balaban J connectivity index is 2.24. The molecule has 3 rings (SSSR count). The van der Waals surface area contributed by atoms with Gasteiger partial charge in [0.05, 0.1) is 0 Å². The van der Waals surface area contributed by atoms with E-state index >= 15 is 0 Å². The zero-order valence-corrected chi connectivity index (χ0v) is 10.5. The first-order chi connectivity index (χ1) is 8.36. The van der Waals surface area contributed by atoms with Crippen LogP contribution in [0, 0.1) is 4.77 Å². The molecule has 5 heteroatoms. The first-order valence-corrected chi connectivity index (χ1v) is 6.47. The third-order valence-corrected chi connectivity index (χ3v) is 3.42. The van der Waals surface area contributed by atoms with Gasteiger partial charge in [-0.3, -0.25) is 9.67 Å². The molecule has 0 fully saturated rings. The second-order valence-electron chi connectivity index (χ2n) is 3.54. The van der Waals surface area contributed by atoms with Gasteiger partial charge in [0.1, 0.15) is 0 Å². The summed E-state index contributed by atoms with van der Waals surface area (Å²) >= 11 is 6.92. The number of para-hydroxylation sites is 1. The number of nitrogens with zero attached hydrogens (tertiary/aromatic N) is 2. The van der Waals surface area contributed by atoms with Crippen molar-refractivity contribution in [1.29, 1.82) is 0 Å². The molecule has 0 aliphatic carbocycles. The largest absolute Gasteiger partial charge is 0.268 e. The van der Waals surface area contributed by atoms with Crippen LogP contribution in [0.25, 0.3) is 17.1 Å². The number of aromatic amines is 1. The summed E-state index contributed by atoms with van der Waals surface area (Å²) in [5.41, 5.74) is 2.10. The second-order valence-corrected chi connectivity index (χ2v) is 4.70. The Hall–Kier alpha value is -1.72. The van der Waals surface area contributed by atoms with E-state index < -0.39 is 0 Å². The number of benzene rings is 1. The van der Waals surface area contributed by atoms with Crippen LogP contribution in [0.4, 0.5) is 0 Å². The Labute approximate surface area is 107 Å². The molecule has 17 heavy (non-hydrogen) atoms. The lowest BCUT2D eigenvalue weighted by Gasteiger charge is -2.04. The van der Waals surface area contributed by atoms with Gasteiger partial charge in [-0.2, -0.15) is 16.4 Å². The van der Waals surface area contributed by atoms with Crippen molar-refractivity contribution in [3.63, 3.8) is 0 Å². The van der Waals surface area contributed by atoms with Crippen molar-refractivity contribution in [3.05, 3.63) is 51.9 Å². The Morgan fingerprint density at radius 3 is 2.71 bits per heavy atom. The van der Waals surface area contributed by atoms with E-state index in [1.54, 1.807) is 11.3 Å². The molecule has 84 valence electrons. The third kappa shape index (κ3) is 1.83. The smallest absolute Gasteiger partial charge is 0.200 e. The summed E-state index contributed by atoms with van der Waals surface area (Å²) in [5.74, 6) is 0.849. The maximum atomic E-state index is 5.28. The van der Waals surface area contributed by atoms with Gasteiger partial charge in [-0.05, 0) is 35.8 Å². The highest BCUT2D eigenvalue weighted by molar-refractivity contribution is 7.71. The summed E-state index contributed by atoms with van der Waals surface area (Å²) in [6.45, 7) is 0. The molecule has 0 saturated carbocycles. The molecule has 2 aromatic heterocycles. The van der Waals surface area contributed by atoms with Crippen molar-refractivity contribution in [2.24, 2.45) is 0 Å². The number of thiophene rings is 1. The molecule has 0 spiro atoms. The molecule has 0 aliphatic heterocycles. The number of H-pyrrole nitrogens is 1. The summed E-state index contributed by atoms with van der Waals surface area (Å²) in [6, 6.07) is 12.0. The van der Waals surface area contributed by atoms with Crippen LogP contribution < -0.4 is 0 Å². The van der Waals surface area contributed by atoms with Crippen LogP contribution in [0.5, 0.6) is 0 Å². The molecule has 0 amide bonds. The minimum absolute atomic E-state index is 0.609. The second kappa shape index (κ2) is 4.27. The molecular weight excluding hydrogens is 250 g/mol. The monoisotopic (exact) mass is 259 g/mol. The van der Waals surface area contributed by atoms with E-state index in [2.05, 4.69) is 15.6 Å². The van der Waals surface area contributed by atoms with Gasteiger partial charge in [0, 0.05) is 16.6 Å². The van der Waals surface area contributed by atoms with Crippen molar-refractivity contribution in [3.8, 4) is 17.1 Å². The minimum Gasteiger partial charge on any atom is -0.268 e. The van der Waals surface area contributed by atoms with Gasteiger partial charge in [-0.25, -0.2) is 0 Å². The van der Waals surface area contributed by atoms with E-state index in [0.717, 1.165) is 17.1 Å². The molecule has 0 bridgehead atoms. The van der Waals surface area contributed by atoms with Gasteiger partial charge >= 0.3 is 0 Å². The van der Waals surface area contributed by atoms with Crippen LogP contribution in [0.2, 0.25) is 0 Å². The first-order valence-electron chi connectivity index (χ1n) is 5.11. The average molecular weight is 259 g/mol. The molecule has 0 radical (unpaired) electrons. The topological polar surface area (TPSA) is 33.6 Å². The van der Waals surface area contributed by atoms with Crippen LogP contribution in [0.1, 0.15) is 0 Å². The van der Waals surface area contributed by atoms with Gasteiger partial charge in [-0.15, -0.1) is 0 Å². The van der Waals surface area contributed by atoms with Gasteiger partial charge in [-0.1, -0.05) is 18.2 Å². The average Bonchev–Trinajstić information content (AvgIpc) is 2.98. The van der Waals surface area contributed by atoms with Crippen LogP contribution in [-0.2, 0) is 0 Å². The van der Waals surface area contributed by atoms with Crippen LogP contribution in [0.3, 0.4) is 0 Å². The molecule has 0 atom stereocenters. The SMILES string of the molecule is S=c1[nH]nc(-c2ccsc2)n1-c1ccccc1. The van der Waals surface area contributed by atoms with Crippen LogP contribution >= 0.6 is 23.6 Å². The molecule has 1 aromatic carbocycles. The van der Waals surface area contributed by atoms with Gasteiger partial charge in [0.25, 0.3) is 0 Å². The van der Waals surface area contributed by atoms with E-state index in [1.807, 2.05) is 46.3 Å². The summed E-state index contributed by atoms with van der Waals surface area (Å²) < 4.78 is 2.55. The standard InChI is InChI=1S/C12H9N3S2/c16-12-14-13-11(9-6-7-17-8-9)15(12)10-4-2-1-3-5-10/h1-8H,(H,14,16). The van der Waals surface area contributed by atoms with Crippen molar-refractivity contribution in [2.45, 2.75) is 0 Å². The maximum absolute atomic E-state index is 5.28. The van der Waals surface area contributed by atoms with E-state index in [0.29, 0.717) is 4.77 Å². The van der Waals surface area contributed by atoms with E-state index in [4.69, 9.17) is 12.2 Å². The van der Waals surface area contributed by atoms with E-state index in [9.17, 15) is 0 Å². The summed E-state index contributed by atoms with van der Waals surface area (Å²) in [7, 11) is 0. The quantitative estimate of drug-likeness (QED) is 0.713. The van der Waals surface area contributed by atoms with Gasteiger partial charge in [0.2, 0.25) is 0 Å². The maximum Gasteiger partial charge on any atom is 0.200 e. The lowest BCUT2D eigenvalue weighted by molar-refractivity contribution is 1.04. The zero-order chi connectivity index (χ0) is 11.7. The van der Waals surface area contributed by atoms with Gasteiger partial charge in [0.15, 0.2) is 10.6 Å². The van der Waals surface area contributed by atoms with Gasteiger partial charge < -0.3 is 0 Å². The molecule has 1 N–H and O–H groups in total. The normalized spacial score (nSPS) is 10.6. The van der Waals surface area contributed by atoms with Crippen LogP contribution in [-0.4, -0.2) is 14.8 Å². The fourth-order valence-electron chi connectivity index (χ4n) is 1.70. The fraction of sp³-hybridized carbons (Fsp3) is 0. The number of aromatic nitrogens is 3. The highest BCUT2D eigenvalue weighted by Gasteiger charge is 2.10. The summed E-state index contributed by atoms with van der Waals surface area (Å²) in [4.78, 5) is 0. The number of hydrogen-bond donors (Lipinski definition) is 1. The van der Waals surface area contributed by atoms with E-state index in [-0.39, 0.29) is 0 Å². The van der Waals surface area contributed by atoms with Crippen molar-refractivity contribution in [2.75, 3.05) is 0 Å². The highest BCUT2D eigenvalue weighted by atomic mass is 32.1. The van der Waals surface area contributed by atoms with Crippen molar-refractivity contribution < 1.29 is 0 Å². The molecule has 3 aromatic rings. The summed E-state index contributed by atoms with van der Waals surface area (Å²) in [5, 5.41) is 11.2. The predicted molar refractivity (Wildman–Crippen MR) is 72.1 cm³/mol. The molecule has 2 heterocycles. The van der Waals surface area contributed by atoms with Crippen molar-refractivity contribution in [1.82, 2.24) is 14.8 Å². The number of rotatable bonds is 2. The molecule has 0 saturated heterocycles. The third-order valence-electron chi connectivity index (χ3n) is 2.47. The predicted octanol–water partition coefficient (Wildman–Crippen LogP) is 3.66. The fourth-order valence-corrected chi connectivity index (χ4v) is 2.57. The van der Waals surface area contributed by atoms with E-state index in [1.165, 1.54) is 0 Å².